The lowest BCUT2D eigenvalue weighted by molar-refractivity contribution is 0.0694. The third kappa shape index (κ3) is 9.37. The number of pyridine rings is 1. The number of benzene rings is 5. The molecular formula is C49H36FN11O15S4. The van der Waals surface area contributed by atoms with Gasteiger partial charge in [-0.2, -0.15) is 33.7 Å². The molecule has 80 heavy (non-hydrogen) atoms. The number of carbonyl (C=O) groups is 1. The molecule has 1 saturated carbocycles. The smallest absolute Gasteiger partial charge is 0.341 e. The maximum atomic E-state index is 14.6. The predicted molar refractivity (Wildman–Crippen MR) is 284 cm³/mol. The number of halogens is 1. The zero-order chi connectivity index (χ0) is 56.5. The highest BCUT2D eigenvalue weighted by molar-refractivity contribution is 7.86. The van der Waals surface area contributed by atoms with Crippen molar-refractivity contribution in [1.29, 1.82) is 0 Å². The third-order valence-electron chi connectivity index (χ3n) is 13.6. The molecule has 7 heterocycles. The monoisotopic (exact) mass is 1170 g/mol. The van der Waals surface area contributed by atoms with Gasteiger partial charge >= 0.3 is 5.97 Å². The second-order valence-electron chi connectivity index (χ2n) is 18.7. The molecule has 9 aromatic rings. The minimum atomic E-state index is -4.74. The van der Waals surface area contributed by atoms with E-state index < -0.39 is 77.3 Å². The van der Waals surface area contributed by atoms with Crippen LogP contribution in [0.2, 0.25) is 0 Å². The van der Waals surface area contributed by atoms with Crippen molar-refractivity contribution in [2.45, 2.75) is 38.5 Å². The standard InChI is InChI=1S/C32H18N8O12S4.C17H18FN3O3/c41-53(42,43)13-1-5-17-21(9-13)29-33-25(17)37-30-22-10-14(54(44,45)46)2-6-18(22)27(34-30)39-32-24-12-16(56(50,51)52)4-8-20(24)28(36-32)40-31-23-11-15(55(47,48)49)3-7-19(23)26(35-31)38-29;18-13-7-11-14(8-15(13)20-5-3-19-4-6-20)21(10-1-2-10)9-12(16(11)22)17(23)24/h1-12H,(H,41,42,43)(H,44,45,46)(H,47,48,49)(H,50,51,52)(H2,33,34,35,36,37,38,39,40);7-10,19H,1-6H2,(H,23,24). The molecule has 26 nitrogen and oxygen atoms in total. The highest BCUT2D eigenvalue weighted by Crippen LogP contribution is 2.41. The molecule has 1 aliphatic carbocycles. The Hall–Kier alpha value is -8.53. The van der Waals surface area contributed by atoms with Gasteiger partial charge in [0.2, 0.25) is 5.43 Å². The first-order valence-electron chi connectivity index (χ1n) is 23.6. The van der Waals surface area contributed by atoms with E-state index >= 15 is 0 Å². The van der Waals surface area contributed by atoms with E-state index in [9.17, 15) is 71.0 Å². The lowest BCUT2D eigenvalue weighted by atomic mass is 10.1. The summed E-state index contributed by atoms with van der Waals surface area (Å²) in [5.74, 6) is -2.24. The molecule has 4 aliphatic rings. The van der Waals surface area contributed by atoms with Crippen molar-refractivity contribution < 1.29 is 66.2 Å². The summed E-state index contributed by atoms with van der Waals surface area (Å²) in [7, 11) is -18.9. The van der Waals surface area contributed by atoms with Crippen molar-refractivity contribution in [2.24, 2.45) is 0 Å². The summed E-state index contributed by atoms with van der Waals surface area (Å²) in [6, 6.07) is 17.1. The second kappa shape index (κ2) is 18.5. The Kier molecular flexibility index (Phi) is 12.1. The van der Waals surface area contributed by atoms with Crippen LogP contribution in [0.25, 0.3) is 101 Å². The summed E-state index contributed by atoms with van der Waals surface area (Å²) in [5.41, 5.74) is 0.567. The number of aromatic nitrogens is 9. The minimum absolute atomic E-state index is 0.00391. The number of H-pyrrole nitrogens is 2. The van der Waals surface area contributed by atoms with E-state index in [4.69, 9.17) is 0 Å². The Bertz CT molecular complexity index is 4750. The maximum Gasteiger partial charge on any atom is 0.341 e. The summed E-state index contributed by atoms with van der Waals surface area (Å²) in [6.45, 7) is 2.96. The largest absolute Gasteiger partial charge is 0.477 e. The average molecular weight is 1170 g/mol. The number of carboxylic acid groups (broad SMARTS) is 1. The second-order valence-corrected chi connectivity index (χ2v) is 24.4. The van der Waals surface area contributed by atoms with Gasteiger partial charge in [0.05, 0.1) is 30.8 Å². The van der Waals surface area contributed by atoms with Crippen LogP contribution < -0.4 is 15.6 Å². The Balaban J connectivity index is 0.000000220. The van der Waals surface area contributed by atoms with E-state index in [2.05, 4.69) is 45.2 Å². The molecule has 408 valence electrons. The Morgan fingerprint density at radius 1 is 0.525 bits per heavy atom. The number of anilines is 1. The molecule has 1 saturated heterocycles. The molecule has 8 bridgehead atoms. The number of hydrogen-bond acceptors (Lipinski definition) is 18. The number of rotatable bonds is 7. The van der Waals surface area contributed by atoms with Gasteiger partial charge in [-0.05, 0) is 97.8 Å². The first-order chi connectivity index (χ1) is 37.8. The van der Waals surface area contributed by atoms with E-state index in [1.54, 1.807) is 6.07 Å². The van der Waals surface area contributed by atoms with Crippen molar-refractivity contribution in [3.05, 3.63) is 113 Å². The molecule has 0 radical (unpaired) electrons. The van der Waals surface area contributed by atoms with E-state index in [-0.39, 0.29) is 107 Å². The number of aromatic amines is 2. The van der Waals surface area contributed by atoms with Gasteiger partial charge < -0.3 is 29.9 Å². The van der Waals surface area contributed by atoms with Gasteiger partial charge in [-0.15, -0.1) is 0 Å². The highest BCUT2D eigenvalue weighted by Gasteiger charge is 2.30. The van der Waals surface area contributed by atoms with E-state index in [1.165, 1.54) is 36.5 Å². The van der Waals surface area contributed by atoms with Crippen molar-refractivity contribution in [2.75, 3.05) is 31.1 Å². The summed E-state index contributed by atoms with van der Waals surface area (Å²) in [6.07, 6.45) is 3.29. The van der Waals surface area contributed by atoms with Crippen LogP contribution in [0.15, 0.2) is 116 Å². The van der Waals surface area contributed by atoms with Crippen molar-refractivity contribution >= 4 is 107 Å². The molecule has 13 rings (SSSR count). The Morgan fingerprint density at radius 2 is 0.938 bits per heavy atom. The molecule has 8 N–H and O–H groups in total. The van der Waals surface area contributed by atoms with Gasteiger partial charge in [-0.25, -0.2) is 39.1 Å². The first-order valence-corrected chi connectivity index (χ1v) is 29.4. The Morgan fingerprint density at radius 3 is 1.36 bits per heavy atom. The quantitative estimate of drug-likeness (QED) is 0.0921. The number of fused-ring (bicyclic) bond motifs is 21. The summed E-state index contributed by atoms with van der Waals surface area (Å²) in [5, 5.41) is 13.3. The average Bonchev–Trinajstić information content (AvgIpc) is 3.73. The van der Waals surface area contributed by atoms with E-state index in [0.717, 1.165) is 74.5 Å². The predicted octanol–water partition coefficient (Wildman–Crippen LogP) is 5.44. The molecule has 3 aliphatic heterocycles. The van der Waals surface area contributed by atoms with Gasteiger partial charge in [0.25, 0.3) is 40.5 Å². The van der Waals surface area contributed by atoms with Crippen LogP contribution in [0.3, 0.4) is 0 Å². The molecule has 5 aromatic carbocycles. The van der Waals surface area contributed by atoms with Gasteiger partial charge in [0, 0.05) is 87.6 Å². The summed E-state index contributed by atoms with van der Waals surface area (Å²) < 4.78 is 153. The fourth-order valence-electron chi connectivity index (χ4n) is 9.67. The number of hydrogen-bond donors (Lipinski definition) is 8. The fraction of sp³-hybridized carbons (Fsp3) is 0.143. The zero-order valence-corrected chi connectivity index (χ0v) is 43.7. The van der Waals surface area contributed by atoms with E-state index in [0.29, 0.717) is 24.3 Å². The topological polar surface area (TPSA) is 401 Å². The third-order valence-corrected chi connectivity index (χ3v) is 17.0. The minimum Gasteiger partial charge on any atom is -0.477 e. The van der Waals surface area contributed by atoms with Gasteiger partial charge in [0.15, 0.2) is 23.3 Å². The summed E-state index contributed by atoms with van der Waals surface area (Å²) >= 11 is 0. The van der Waals surface area contributed by atoms with Crippen molar-refractivity contribution in [3.8, 4) is 45.6 Å². The maximum absolute atomic E-state index is 14.6. The lowest BCUT2D eigenvalue weighted by Crippen LogP contribution is -2.43. The van der Waals surface area contributed by atoms with Crippen molar-refractivity contribution in [3.63, 3.8) is 0 Å². The number of nitrogens with one attached hydrogen (secondary N) is 3. The van der Waals surface area contributed by atoms with Crippen LogP contribution in [0.1, 0.15) is 29.2 Å². The lowest BCUT2D eigenvalue weighted by Gasteiger charge is -2.30. The molecule has 0 amide bonds. The van der Waals surface area contributed by atoms with Gasteiger partial charge in [-0.3, -0.25) is 23.0 Å². The summed E-state index contributed by atoms with van der Waals surface area (Å²) in [4.78, 5) is 57.2. The molecule has 0 spiro atoms. The van der Waals surface area contributed by atoms with Crippen molar-refractivity contribution in [1.82, 2.24) is 49.8 Å². The molecule has 4 aromatic heterocycles. The van der Waals surface area contributed by atoms with Crippen LogP contribution in [-0.4, -0.2) is 134 Å². The first kappa shape index (κ1) is 52.2. The van der Waals surface area contributed by atoms with Crippen LogP contribution in [0.4, 0.5) is 10.1 Å². The zero-order valence-electron chi connectivity index (χ0n) is 40.4. The van der Waals surface area contributed by atoms with E-state index in [1.807, 2.05) is 9.47 Å². The van der Waals surface area contributed by atoms with Crippen LogP contribution in [-0.2, 0) is 40.5 Å². The van der Waals surface area contributed by atoms with Crippen LogP contribution in [0.5, 0.6) is 0 Å². The van der Waals surface area contributed by atoms with Crippen LogP contribution in [0, 0.1) is 5.82 Å². The highest BCUT2D eigenvalue weighted by atomic mass is 32.2. The molecule has 2 fully saturated rings. The number of nitrogens with zero attached hydrogens (tertiary/aromatic N) is 8. The fourth-order valence-corrected chi connectivity index (χ4v) is 11.7. The Labute approximate surface area is 448 Å². The van der Waals surface area contributed by atoms with Gasteiger partial charge in [-0.1, -0.05) is 0 Å². The molecule has 0 atom stereocenters. The normalized spacial score (nSPS) is 14.7. The SMILES string of the molecule is O=C(O)c1cn(C2CC2)c2cc(N3CCNCC3)c(F)cc2c1=O.O=S(=O)(O)c1ccc2c(c1)-c1nc-2nc2[nH]c(nc3nc(nc4[nH]c(n1)c1ccc(S(=O)(=O)O)cc41)-c1ccc(S(=O)(=O)O)cc1-3)c1ccc(S(=O)(=O)O)cc21. The number of piperazine rings is 1. The molecular weight excluding hydrogens is 1130 g/mol. The van der Waals surface area contributed by atoms with Gasteiger partial charge in [0.1, 0.15) is 34.0 Å². The molecule has 0 unspecified atom stereocenters. The van der Waals surface area contributed by atoms with Crippen LogP contribution >= 0.6 is 0 Å². The number of carboxylic acids is 1. The number of aromatic carboxylic acids is 1. The molecule has 31 heteroatoms.